The van der Waals surface area contributed by atoms with Crippen LogP contribution < -0.4 is 4.90 Å². The lowest BCUT2D eigenvalue weighted by Gasteiger charge is -2.26. The van der Waals surface area contributed by atoms with Crippen LogP contribution in [0, 0.1) is 0 Å². The molecular formula is C65H44N4. The predicted octanol–water partition coefficient (Wildman–Crippen LogP) is 17.3. The summed E-state index contributed by atoms with van der Waals surface area (Å²) in [5, 5.41) is 12.5. The number of rotatable bonds is 6. The molecular weight excluding hydrogens is 837 g/mol. The van der Waals surface area contributed by atoms with E-state index < -0.39 is 0 Å². The van der Waals surface area contributed by atoms with Crippen molar-refractivity contribution < 1.29 is 0 Å². The lowest BCUT2D eigenvalue weighted by atomic mass is 9.79. The molecule has 69 heavy (non-hydrogen) atoms. The first-order chi connectivity index (χ1) is 34.0. The van der Waals surface area contributed by atoms with Crippen molar-refractivity contribution in [1.82, 2.24) is 14.5 Å². The molecule has 4 nitrogen and oxygen atoms in total. The number of nitrogens with zero attached hydrogens (tertiary/aromatic N) is 4. The Morgan fingerprint density at radius 1 is 0.377 bits per heavy atom. The van der Waals surface area contributed by atoms with Gasteiger partial charge in [-0.15, -0.1) is 0 Å². The number of fused-ring (bicyclic) bond motifs is 14. The van der Waals surface area contributed by atoms with Gasteiger partial charge in [0.2, 0.25) is 5.95 Å². The van der Waals surface area contributed by atoms with Crippen LogP contribution in [-0.4, -0.2) is 14.5 Å². The van der Waals surface area contributed by atoms with E-state index in [2.05, 4.69) is 254 Å². The summed E-state index contributed by atoms with van der Waals surface area (Å²) < 4.78 is 2.31. The number of hydrogen-bond donors (Lipinski definition) is 0. The maximum absolute atomic E-state index is 5.46. The molecule has 0 spiro atoms. The zero-order valence-corrected chi connectivity index (χ0v) is 38.2. The van der Waals surface area contributed by atoms with Gasteiger partial charge >= 0.3 is 0 Å². The number of hydrogen-bond acceptors (Lipinski definition) is 3. The summed E-state index contributed by atoms with van der Waals surface area (Å²) in [5.41, 5.74) is 14.1. The van der Waals surface area contributed by atoms with Crippen molar-refractivity contribution in [3.63, 3.8) is 0 Å². The topological polar surface area (TPSA) is 34.0 Å². The molecule has 0 unspecified atom stereocenters. The zero-order valence-electron chi connectivity index (χ0n) is 38.2. The van der Waals surface area contributed by atoms with E-state index in [9.17, 15) is 0 Å². The second kappa shape index (κ2) is 15.1. The highest BCUT2D eigenvalue weighted by molar-refractivity contribution is 6.26. The fourth-order valence-corrected chi connectivity index (χ4v) is 11.5. The summed E-state index contributed by atoms with van der Waals surface area (Å²) in [6, 6.07) is 83.6. The second-order valence-electron chi connectivity index (χ2n) is 19.0. The van der Waals surface area contributed by atoms with Gasteiger partial charge < -0.3 is 4.90 Å². The van der Waals surface area contributed by atoms with Crippen molar-refractivity contribution in [3.8, 4) is 39.6 Å². The minimum Gasteiger partial charge on any atom is -0.310 e. The SMILES string of the molecule is CC1(C)c2cc3c4ccccc4c4ccccc4c3cc2-c2ccc3c(c21)c1cc(N(c2ccccc2)c2ccc4ccccc4c2)ccc1n3-c1nc(-c2ccccc2)cc(-c2ccccc2)n1. The lowest BCUT2D eigenvalue weighted by molar-refractivity contribution is 0.667. The highest BCUT2D eigenvalue weighted by atomic mass is 15.2. The van der Waals surface area contributed by atoms with Crippen molar-refractivity contribution in [2.75, 3.05) is 4.90 Å². The first kappa shape index (κ1) is 39.3. The molecule has 1 aliphatic rings. The summed E-state index contributed by atoms with van der Waals surface area (Å²) in [4.78, 5) is 13.3. The summed E-state index contributed by atoms with van der Waals surface area (Å²) in [5.74, 6) is 0.634. The lowest BCUT2D eigenvalue weighted by Crippen LogP contribution is -2.15. The summed E-state index contributed by atoms with van der Waals surface area (Å²) in [6.07, 6.45) is 0. The van der Waals surface area contributed by atoms with Gasteiger partial charge in [-0.1, -0.05) is 178 Å². The number of anilines is 3. The largest absolute Gasteiger partial charge is 0.310 e. The third-order valence-corrected chi connectivity index (χ3v) is 14.7. The van der Waals surface area contributed by atoms with Crippen LogP contribution in [0.5, 0.6) is 0 Å². The normalized spacial score (nSPS) is 12.9. The van der Waals surface area contributed by atoms with Crippen LogP contribution in [0.2, 0.25) is 0 Å². The third-order valence-electron chi connectivity index (χ3n) is 14.7. The standard InChI is InChI=1S/C65H44N4/c1-65(2)57-39-54-51-29-17-15-27-49(51)48-26-14-16-28-50(48)53(54)38-55(57)52-33-35-61-62(63(52)65)56-37-47(68(45-24-10-5-11-25-45)46-31-30-41-18-12-13-23-44(41)36-46)32-34-60(56)69(61)64-66-58(42-19-6-3-7-20-42)40-59(67-64)43-21-8-4-9-22-43/h3-40H,1-2H3. The summed E-state index contributed by atoms with van der Waals surface area (Å²) in [6.45, 7) is 4.84. The Labute approximate surface area is 400 Å². The molecule has 14 rings (SSSR count). The van der Waals surface area contributed by atoms with E-state index >= 15 is 0 Å². The smallest absolute Gasteiger partial charge is 0.235 e. The van der Waals surface area contributed by atoms with Crippen LogP contribution in [0.4, 0.5) is 17.1 Å². The van der Waals surface area contributed by atoms with E-state index in [1.165, 1.54) is 70.7 Å². The first-order valence-corrected chi connectivity index (χ1v) is 23.8. The maximum Gasteiger partial charge on any atom is 0.235 e. The van der Waals surface area contributed by atoms with Gasteiger partial charge in [-0.2, -0.15) is 0 Å². The van der Waals surface area contributed by atoms with Gasteiger partial charge in [0.25, 0.3) is 0 Å². The quantitative estimate of drug-likeness (QED) is 0.156. The van der Waals surface area contributed by atoms with Gasteiger partial charge in [-0.3, -0.25) is 4.57 Å². The number of benzene rings is 11. The molecule has 13 aromatic rings. The molecule has 2 aromatic heterocycles. The number of aromatic nitrogens is 3. The van der Waals surface area contributed by atoms with Crippen LogP contribution in [0.25, 0.3) is 104 Å². The molecule has 0 saturated carbocycles. The summed E-state index contributed by atoms with van der Waals surface area (Å²) >= 11 is 0. The average Bonchev–Trinajstić information content (AvgIpc) is 3.86. The molecule has 4 heteroatoms. The Morgan fingerprint density at radius 3 is 1.55 bits per heavy atom. The van der Waals surface area contributed by atoms with E-state index in [1.54, 1.807) is 0 Å². The molecule has 0 fully saturated rings. The first-order valence-electron chi connectivity index (χ1n) is 23.8. The molecule has 0 atom stereocenters. The van der Waals surface area contributed by atoms with Crippen LogP contribution in [0.15, 0.2) is 231 Å². The third kappa shape index (κ3) is 6.02. The van der Waals surface area contributed by atoms with E-state index in [0.717, 1.165) is 56.0 Å². The van der Waals surface area contributed by atoms with Crippen molar-refractivity contribution >= 4 is 82.0 Å². The zero-order chi connectivity index (χ0) is 45.8. The Hall–Kier alpha value is -8.86. The maximum atomic E-state index is 5.46. The van der Waals surface area contributed by atoms with E-state index in [0.29, 0.717) is 5.95 Å². The average molecular weight is 881 g/mol. The molecule has 1 aliphatic carbocycles. The molecule has 0 bridgehead atoms. The minimum atomic E-state index is -0.361. The highest BCUT2D eigenvalue weighted by Gasteiger charge is 2.39. The summed E-state index contributed by atoms with van der Waals surface area (Å²) in [7, 11) is 0. The van der Waals surface area contributed by atoms with Crippen molar-refractivity contribution in [2.24, 2.45) is 0 Å². The molecule has 0 N–H and O–H groups in total. The van der Waals surface area contributed by atoms with Crippen LogP contribution in [0.1, 0.15) is 25.0 Å². The van der Waals surface area contributed by atoms with E-state index in [4.69, 9.17) is 9.97 Å². The molecule has 0 amide bonds. The Morgan fingerprint density at radius 2 is 0.899 bits per heavy atom. The molecule has 11 aromatic carbocycles. The highest BCUT2D eigenvalue weighted by Crippen LogP contribution is 2.55. The molecule has 2 heterocycles. The van der Waals surface area contributed by atoms with Gasteiger partial charge in [0.05, 0.1) is 22.4 Å². The molecule has 324 valence electrons. The van der Waals surface area contributed by atoms with Gasteiger partial charge in [0.15, 0.2) is 0 Å². The fraction of sp³-hybridized carbons (Fsp3) is 0.0462. The molecule has 0 saturated heterocycles. The van der Waals surface area contributed by atoms with Gasteiger partial charge in [0, 0.05) is 44.4 Å². The van der Waals surface area contributed by atoms with Crippen molar-refractivity contribution in [1.29, 1.82) is 0 Å². The predicted molar refractivity (Wildman–Crippen MR) is 290 cm³/mol. The van der Waals surface area contributed by atoms with Gasteiger partial charge in [-0.05, 0) is 132 Å². The monoisotopic (exact) mass is 880 g/mol. The Bertz CT molecular complexity index is 4150. The van der Waals surface area contributed by atoms with Crippen molar-refractivity contribution in [2.45, 2.75) is 19.3 Å². The Kier molecular flexibility index (Phi) is 8.59. The fourth-order valence-electron chi connectivity index (χ4n) is 11.5. The van der Waals surface area contributed by atoms with Crippen LogP contribution >= 0.6 is 0 Å². The molecule has 0 aliphatic heterocycles. The van der Waals surface area contributed by atoms with Gasteiger partial charge in [0.1, 0.15) is 0 Å². The van der Waals surface area contributed by atoms with Gasteiger partial charge in [-0.25, -0.2) is 9.97 Å². The second-order valence-corrected chi connectivity index (χ2v) is 19.0. The van der Waals surface area contributed by atoms with Crippen LogP contribution in [0.3, 0.4) is 0 Å². The van der Waals surface area contributed by atoms with Crippen molar-refractivity contribution in [3.05, 3.63) is 242 Å². The Balaban J connectivity index is 1.08. The number of para-hydroxylation sites is 1. The van der Waals surface area contributed by atoms with Crippen LogP contribution in [-0.2, 0) is 5.41 Å². The van der Waals surface area contributed by atoms with E-state index in [1.807, 2.05) is 0 Å². The minimum absolute atomic E-state index is 0.361. The van der Waals surface area contributed by atoms with E-state index in [-0.39, 0.29) is 5.41 Å². The molecule has 0 radical (unpaired) electrons.